The number of halogens is 5. The Morgan fingerprint density at radius 3 is 2.19 bits per heavy atom. The van der Waals surface area contributed by atoms with Gasteiger partial charge in [-0.3, -0.25) is 0 Å². The van der Waals surface area contributed by atoms with Gasteiger partial charge in [0.05, 0.1) is 0 Å². The molecule has 2 aromatic carbocycles. The zero-order valence-electron chi connectivity index (χ0n) is 15.9. The van der Waals surface area contributed by atoms with Crippen molar-refractivity contribution in [3.8, 4) is 0 Å². The Kier molecular flexibility index (Phi) is 8.55. The van der Waals surface area contributed by atoms with E-state index in [4.69, 9.17) is 4.74 Å². The number of aryl methyl sites for hydroxylation is 1. The van der Waals surface area contributed by atoms with Gasteiger partial charge in [-0.1, -0.05) is 59.8 Å². The monoisotopic (exact) mass is 461 g/mol. The Balaban J connectivity index is 2.25. The lowest BCUT2D eigenvalue weighted by Gasteiger charge is -2.19. The van der Waals surface area contributed by atoms with Crippen LogP contribution in [0.25, 0.3) is 0 Å². The van der Waals surface area contributed by atoms with E-state index in [1.807, 2.05) is 0 Å². The molecular weight excluding hydrogens is 445 g/mol. The van der Waals surface area contributed by atoms with Crippen molar-refractivity contribution in [2.24, 2.45) is 4.99 Å². The summed E-state index contributed by atoms with van der Waals surface area (Å²) in [6.45, 7) is 1.45. The Morgan fingerprint density at radius 1 is 1.03 bits per heavy atom. The third-order valence-corrected chi connectivity index (χ3v) is 4.70. The molecule has 0 bridgehead atoms. The number of hydrogen-bond donors (Lipinski definition) is 0. The number of esters is 1. The first-order valence-electron chi connectivity index (χ1n) is 8.64. The molecule has 0 unspecified atom stereocenters. The molecule has 166 valence electrons. The van der Waals surface area contributed by atoms with Gasteiger partial charge >= 0.3 is 18.2 Å². The molecule has 1 atom stereocenters. The summed E-state index contributed by atoms with van der Waals surface area (Å²) in [6, 6.07) is 14.3. The molecule has 0 fully saturated rings. The highest BCUT2D eigenvalue weighted by Gasteiger charge is 2.44. The molecule has 0 aromatic heterocycles. The van der Waals surface area contributed by atoms with Crippen molar-refractivity contribution in [1.29, 1.82) is 0 Å². The number of benzene rings is 2. The number of hydrogen-bond acceptors (Lipinski definition) is 5. The lowest BCUT2D eigenvalue weighted by molar-refractivity contribution is -0.199. The van der Waals surface area contributed by atoms with Crippen LogP contribution in [0, 0.1) is 6.92 Å². The largest absolute Gasteiger partial charge is 0.490 e. The van der Waals surface area contributed by atoms with Crippen LogP contribution in [0.5, 0.6) is 0 Å². The van der Waals surface area contributed by atoms with E-state index in [1.54, 1.807) is 49.4 Å². The van der Waals surface area contributed by atoms with Crippen molar-refractivity contribution >= 4 is 29.5 Å². The van der Waals surface area contributed by atoms with Gasteiger partial charge < -0.3 is 9.47 Å². The van der Waals surface area contributed by atoms with E-state index in [9.17, 15) is 31.5 Å². The lowest BCUT2D eigenvalue weighted by atomic mass is 10.2. The molecule has 0 spiro atoms. The summed E-state index contributed by atoms with van der Waals surface area (Å²) < 4.78 is 74.0. The zero-order chi connectivity index (χ0) is 23.0. The standard InChI is InChI=1S/C20H16F5NO4S/c1-12-7-9-14(10-8-12)31-17(30-18(27)20(23,24)25)15(16(21)22)26-19(28)29-11-13-5-3-2-4-6-13/h2-10,16-17H,11H2,1H3/b26-15+/t17-/m1/s1. The summed E-state index contributed by atoms with van der Waals surface area (Å²) in [4.78, 5) is 26.5. The van der Waals surface area contributed by atoms with E-state index in [0.717, 1.165) is 5.56 Å². The molecule has 31 heavy (non-hydrogen) atoms. The SMILES string of the molecule is Cc1ccc(S[C@@H](OC(=O)C(F)(F)F)/C(=N/C(=O)OCc2ccccc2)C(F)F)cc1. The first-order chi connectivity index (χ1) is 14.6. The first kappa shape index (κ1) is 24.3. The predicted octanol–water partition coefficient (Wildman–Crippen LogP) is 5.56. The van der Waals surface area contributed by atoms with Crippen LogP contribution in [0.3, 0.4) is 0 Å². The first-order valence-corrected chi connectivity index (χ1v) is 9.52. The number of thioether (sulfide) groups is 1. The molecule has 0 heterocycles. The number of amides is 1. The average molecular weight is 461 g/mol. The van der Waals surface area contributed by atoms with Gasteiger partial charge in [0.25, 0.3) is 6.43 Å². The Hall–Kier alpha value is -2.95. The van der Waals surface area contributed by atoms with E-state index < -0.39 is 35.8 Å². The number of carbonyl (C=O) groups is 2. The Labute approximate surface area is 178 Å². The van der Waals surface area contributed by atoms with Crippen LogP contribution >= 0.6 is 11.8 Å². The minimum Gasteiger partial charge on any atom is -0.443 e. The zero-order valence-corrected chi connectivity index (χ0v) is 16.8. The minimum absolute atomic E-state index is 0.219. The van der Waals surface area contributed by atoms with Crippen LogP contribution in [-0.4, -0.2) is 35.8 Å². The number of alkyl halides is 5. The molecule has 0 aliphatic rings. The summed E-state index contributed by atoms with van der Waals surface area (Å²) >= 11 is 0.373. The van der Waals surface area contributed by atoms with Crippen LogP contribution < -0.4 is 0 Å². The van der Waals surface area contributed by atoms with Gasteiger partial charge in [0, 0.05) is 4.90 Å². The molecule has 0 aliphatic carbocycles. The number of aliphatic imine (C=N–C) groups is 1. The van der Waals surface area contributed by atoms with E-state index >= 15 is 0 Å². The van der Waals surface area contributed by atoms with Gasteiger partial charge in [-0.05, 0) is 24.6 Å². The average Bonchev–Trinajstić information content (AvgIpc) is 2.71. The molecule has 0 saturated carbocycles. The van der Waals surface area contributed by atoms with E-state index in [1.165, 1.54) is 12.1 Å². The van der Waals surface area contributed by atoms with Crippen LogP contribution in [-0.2, 0) is 20.9 Å². The van der Waals surface area contributed by atoms with Crippen LogP contribution in [0.1, 0.15) is 11.1 Å². The van der Waals surface area contributed by atoms with Gasteiger partial charge in [0.15, 0.2) is 5.44 Å². The summed E-state index contributed by atoms with van der Waals surface area (Å²) in [6.07, 6.45) is -10.4. The maximum Gasteiger partial charge on any atom is 0.490 e. The van der Waals surface area contributed by atoms with Gasteiger partial charge in [-0.25, -0.2) is 18.4 Å². The molecule has 0 aliphatic heterocycles. The highest BCUT2D eigenvalue weighted by molar-refractivity contribution is 8.00. The molecule has 0 saturated heterocycles. The maximum atomic E-state index is 13.6. The van der Waals surface area contributed by atoms with Gasteiger partial charge in [0.2, 0.25) is 0 Å². The fourth-order valence-electron chi connectivity index (χ4n) is 2.11. The molecule has 1 amide bonds. The Morgan fingerprint density at radius 2 is 1.65 bits per heavy atom. The fourth-order valence-corrected chi connectivity index (χ4v) is 3.06. The molecule has 11 heteroatoms. The second-order valence-corrected chi connectivity index (χ2v) is 7.18. The van der Waals surface area contributed by atoms with Crippen molar-refractivity contribution < 1.29 is 41.0 Å². The highest BCUT2D eigenvalue weighted by Crippen LogP contribution is 2.30. The molecule has 0 radical (unpaired) electrons. The predicted molar refractivity (Wildman–Crippen MR) is 103 cm³/mol. The van der Waals surface area contributed by atoms with Crippen LogP contribution in [0.4, 0.5) is 26.7 Å². The van der Waals surface area contributed by atoms with Crippen molar-refractivity contribution in [3.63, 3.8) is 0 Å². The molecule has 2 rings (SSSR count). The van der Waals surface area contributed by atoms with Crippen LogP contribution in [0.2, 0.25) is 0 Å². The Bertz CT molecular complexity index is 917. The van der Waals surface area contributed by atoms with Gasteiger partial charge in [0.1, 0.15) is 12.3 Å². The van der Waals surface area contributed by atoms with E-state index in [2.05, 4.69) is 9.73 Å². The third kappa shape index (κ3) is 8.00. The van der Waals surface area contributed by atoms with Crippen molar-refractivity contribution in [2.75, 3.05) is 0 Å². The van der Waals surface area contributed by atoms with E-state index in [0.29, 0.717) is 17.3 Å². The van der Waals surface area contributed by atoms with E-state index in [-0.39, 0.29) is 11.5 Å². The fraction of sp³-hybridized carbons (Fsp3) is 0.250. The summed E-state index contributed by atoms with van der Waals surface area (Å²) in [5, 5.41) is 0. The normalized spacial score (nSPS) is 13.1. The molecular formula is C20H16F5NO4S. The lowest BCUT2D eigenvalue weighted by Crippen LogP contribution is -2.35. The number of rotatable bonds is 7. The number of nitrogens with zero attached hydrogens (tertiary/aromatic N) is 1. The van der Waals surface area contributed by atoms with Gasteiger partial charge in [-0.2, -0.15) is 18.2 Å². The van der Waals surface area contributed by atoms with Crippen molar-refractivity contribution in [3.05, 3.63) is 65.7 Å². The number of carbonyl (C=O) groups excluding carboxylic acids is 2. The molecule has 0 N–H and O–H groups in total. The second-order valence-electron chi connectivity index (χ2n) is 6.04. The minimum atomic E-state index is -5.42. The molecule has 2 aromatic rings. The quantitative estimate of drug-likeness (QED) is 0.178. The molecule has 5 nitrogen and oxygen atoms in total. The highest BCUT2D eigenvalue weighted by atomic mass is 32.2. The van der Waals surface area contributed by atoms with Crippen molar-refractivity contribution in [2.45, 2.75) is 36.5 Å². The summed E-state index contributed by atoms with van der Waals surface area (Å²) in [5.74, 6) is -2.69. The topological polar surface area (TPSA) is 65.0 Å². The summed E-state index contributed by atoms with van der Waals surface area (Å²) in [7, 11) is 0. The second kappa shape index (κ2) is 10.9. The maximum absolute atomic E-state index is 13.6. The number of ether oxygens (including phenoxy) is 2. The van der Waals surface area contributed by atoms with Crippen LogP contribution in [0.15, 0.2) is 64.5 Å². The van der Waals surface area contributed by atoms with Crippen molar-refractivity contribution in [1.82, 2.24) is 0 Å². The van der Waals surface area contributed by atoms with Gasteiger partial charge in [-0.15, -0.1) is 0 Å². The summed E-state index contributed by atoms with van der Waals surface area (Å²) in [5.41, 5.74) is -2.23. The smallest absolute Gasteiger partial charge is 0.443 e. The third-order valence-electron chi connectivity index (χ3n) is 3.60.